The monoisotopic (exact) mass is 781 g/mol. The first-order valence-corrected chi connectivity index (χ1v) is 21.3. The van der Waals surface area contributed by atoms with Gasteiger partial charge in [0, 0.05) is 31.5 Å². The molecule has 11 aromatic rings. The Kier molecular flexibility index (Phi) is 9.11. The summed E-state index contributed by atoms with van der Waals surface area (Å²) in [4.78, 5) is 2.44. The van der Waals surface area contributed by atoms with Gasteiger partial charge in [0.1, 0.15) is 0 Å². The van der Waals surface area contributed by atoms with E-state index in [1.165, 1.54) is 86.6 Å². The molecule has 1 aromatic heterocycles. The van der Waals surface area contributed by atoms with E-state index in [1.54, 1.807) is 0 Å². The molecular formula is C58H39NS. The zero-order valence-corrected chi connectivity index (χ0v) is 33.7. The van der Waals surface area contributed by atoms with E-state index in [2.05, 4.69) is 241 Å². The van der Waals surface area contributed by atoms with Crippen LogP contribution in [0.15, 0.2) is 237 Å². The van der Waals surface area contributed by atoms with Gasteiger partial charge in [0.15, 0.2) is 0 Å². The molecule has 0 radical (unpaired) electrons. The Balaban J connectivity index is 1.06. The van der Waals surface area contributed by atoms with Crippen LogP contribution in [-0.4, -0.2) is 0 Å². The molecule has 2 heteroatoms. The second-order valence-corrected chi connectivity index (χ2v) is 16.3. The number of benzene rings is 10. The molecule has 11 rings (SSSR count). The summed E-state index contributed by atoms with van der Waals surface area (Å²) in [5, 5.41) is 5.04. The van der Waals surface area contributed by atoms with Crippen LogP contribution >= 0.6 is 11.3 Å². The number of hydrogen-bond acceptors (Lipinski definition) is 2. The lowest BCUT2D eigenvalue weighted by Gasteiger charge is -2.27. The van der Waals surface area contributed by atoms with Crippen molar-refractivity contribution in [1.82, 2.24) is 0 Å². The lowest BCUT2D eigenvalue weighted by atomic mass is 9.89. The van der Waals surface area contributed by atoms with E-state index < -0.39 is 0 Å². The van der Waals surface area contributed by atoms with Gasteiger partial charge in [-0.3, -0.25) is 0 Å². The molecule has 0 aliphatic rings. The van der Waals surface area contributed by atoms with Crippen molar-refractivity contribution < 1.29 is 0 Å². The number of thiophene rings is 1. The molecule has 0 saturated carbocycles. The van der Waals surface area contributed by atoms with Crippen LogP contribution in [0.3, 0.4) is 0 Å². The van der Waals surface area contributed by atoms with Gasteiger partial charge in [-0.05, 0) is 103 Å². The van der Waals surface area contributed by atoms with Crippen LogP contribution in [0.4, 0.5) is 17.1 Å². The van der Waals surface area contributed by atoms with Gasteiger partial charge in [-0.1, -0.05) is 200 Å². The maximum absolute atomic E-state index is 2.44. The van der Waals surface area contributed by atoms with Crippen molar-refractivity contribution in [2.24, 2.45) is 0 Å². The Labute approximate surface area is 354 Å². The van der Waals surface area contributed by atoms with Gasteiger partial charge in [0.05, 0.1) is 5.69 Å². The second-order valence-electron chi connectivity index (χ2n) is 15.2. The molecule has 0 aliphatic heterocycles. The van der Waals surface area contributed by atoms with Gasteiger partial charge in [0.2, 0.25) is 0 Å². The minimum atomic E-state index is 1.10. The standard InChI is InChI=1S/C58H39NS/c1-3-16-40(17-4-1)49-23-9-11-25-52(49)53-26-12-10-24-50(53)44-34-38-46(39-35-44)59(45-36-32-43(33-37-45)48-27-13-21-41-20-7-8-22-47(41)48)55-30-15-31-56-57(55)54-29-14-28-51(58(54)60-56)42-18-5-2-6-19-42/h1-39H. The van der Waals surface area contributed by atoms with Crippen molar-refractivity contribution in [3.63, 3.8) is 0 Å². The molecule has 0 atom stereocenters. The van der Waals surface area contributed by atoms with Crippen molar-refractivity contribution in [3.05, 3.63) is 237 Å². The smallest absolute Gasteiger partial charge is 0.0554 e. The van der Waals surface area contributed by atoms with E-state index in [0.717, 1.165) is 17.1 Å². The molecule has 0 amide bonds. The zero-order chi connectivity index (χ0) is 39.8. The number of rotatable bonds is 8. The fourth-order valence-electron chi connectivity index (χ4n) is 8.90. The highest BCUT2D eigenvalue weighted by atomic mass is 32.1. The van der Waals surface area contributed by atoms with E-state index in [0.29, 0.717) is 0 Å². The molecule has 1 heterocycles. The number of anilines is 3. The first-order chi connectivity index (χ1) is 29.8. The fourth-order valence-corrected chi connectivity index (χ4v) is 10.2. The van der Waals surface area contributed by atoms with Crippen molar-refractivity contribution in [3.8, 4) is 55.6 Å². The Bertz CT molecular complexity index is 3290. The number of fused-ring (bicyclic) bond motifs is 4. The summed E-state index contributed by atoms with van der Waals surface area (Å²) in [6, 6.07) is 86.0. The third kappa shape index (κ3) is 6.35. The average molecular weight is 782 g/mol. The fraction of sp³-hybridized carbons (Fsp3) is 0. The van der Waals surface area contributed by atoms with E-state index in [1.807, 2.05) is 11.3 Å². The van der Waals surface area contributed by atoms with E-state index in [-0.39, 0.29) is 0 Å². The van der Waals surface area contributed by atoms with Crippen molar-refractivity contribution in [1.29, 1.82) is 0 Å². The Morgan fingerprint density at radius 2 is 0.717 bits per heavy atom. The largest absolute Gasteiger partial charge is 0.310 e. The second kappa shape index (κ2) is 15.3. The summed E-state index contributed by atoms with van der Waals surface area (Å²) in [7, 11) is 0. The van der Waals surface area contributed by atoms with Gasteiger partial charge in [-0.25, -0.2) is 0 Å². The van der Waals surface area contributed by atoms with E-state index in [9.17, 15) is 0 Å². The normalized spacial score (nSPS) is 11.3. The predicted octanol–water partition coefficient (Wildman–Crippen LogP) is 17.0. The van der Waals surface area contributed by atoms with Crippen LogP contribution in [-0.2, 0) is 0 Å². The van der Waals surface area contributed by atoms with Crippen LogP contribution in [0, 0.1) is 0 Å². The van der Waals surface area contributed by atoms with Gasteiger partial charge in [-0.15, -0.1) is 11.3 Å². The van der Waals surface area contributed by atoms with Crippen LogP contribution in [0.2, 0.25) is 0 Å². The lowest BCUT2D eigenvalue weighted by Crippen LogP contribution is -2.10. The summed E-state index contributed by atoms with van der Waals surface area (Å²) in [6.45, 7) is 0. The van der Waals surface area contributed by atoms with E-state index in [4.69, 9.17) is 0 Å². The Hall–Kier alpha value is -7.52. The summed E-state index contributed by atoms with van der Waals surface area (Å²) in [6.07, 6.45) is 0. The highest BCUT2D eigenvalue weighted by molar-refractivity contribution is 7.26. The molecule has 0 spiro atoms. The van der Waals surface area contributed by atoms with Crippen LogP contribution in [0.25, 0.3) is 86.6 Å². The molecule has 60 heavy (non-hydrogen) atoms. The molecule has 1 nitrogen and oxygen atoms in total. The highest BCUT2D eigenvalue weighted by Gasteiger charge is 2.21. The minimum Gasteiger partial charge on any atom is -0.310 e. The van der Waals surface area contributed by atoms with Crippen LogP contribution in [0.1, 0.15) is 0 Å². The Morgan fingerprint density at radius 3 is 1.37 bits per heavy atom. The van der Waals surface area contributed by atoms with E-state index >= 15 is 0 Å². The number of nitrogens with zero attached hydrogens (tertiary/aromatic N) is 1. The maximum Gasteiger partial charge on any atom is 0.0554 e. The molecule has 0 saturated heterocycles. The molecule has 0 aliphatic carbocycles. The topological polar surface area (TPSA) is 3.24 Å². The molecular weight excluding hydrogens is 743 g/mol. The summed E-state index contributed by atoms with van der Waals surface area (Å²) >= 11 is 1.88. The quantitative estimate of drug-likeness (QED) is 0.148. The first-order valence-electron chi connectivity index (χ1n) is 20.5. The summed E-state index contributed by atoms with van der Waals surface area (Å²) in [5.74, 6) is 0. The van der Waals surface area contributed by atoms with Crippen molar-refractivity contribution >= 4 is 59.3 Å². The maximum atomic E-state index is 2.44. The van der Waals surface area contributed by atoms with Crippen LogP contribution in [0.5, 0.6) is 0 Å². The molecule has 0 unspecified atom stereocenters. The molecule has 0 N–H and O–H groups in total. The third-order valence-electron chi connectivity index (χ3n) is 11.7. The summed E-state index contributed by atoms with van der Waals surface area (Å²) in [5.41, 5.74) is 15.6. The van der Waals surface area contributed by atoms with Gasteiger partial charge < -0.3 is 4.90 Å². The molecule has 282 valence electrons. The first kappa shape index (κ1) is 35.6. The van der Waals surface area contributed by atoms with Crippen LogP contribution < -0.4 is 4.90 Å². The van der Waals surface area contributed by atoms with Gasteiger partial charge >= 0.3 is 0 Å². The summed E-state index contributed by atoms with van der Waals surface area (Å²) < 4.78 is 2.58. The SMILES string of the molecule is c1ccc(-c2ccccc2-c2ccccc2-c2ccc(N(c3ccc(-c4cccc5ccccc45)cc3)c3cccc4sc5c(-c6ccccc6)cccc5c34)cc2)cc1. The zero-order valence-electron chi connectivity index (χ0n) is 32.9. The third-order valence-corrected chi connectivity index (χ3v) is 12.9. The molecule has 0 fully saturated rings. The Morgan fingerprint density at radius 1 is 0.283 bits per heavy atom. The minimum absolute atomic E-state index is 1.10. The van der Waals surface area contributed by atoms with Gasteiger partial charge in [0.25, 0.3) is 0 Å². The molecule has 0 bridgehead atoms. The lowest BCUT2D eigenvalue weighted by molar-refractivity contribution is 1.30. The highest BCUT2D eigenvalue weighted by Crippen LogP contribution is 2.48. The van der Waals surface area contributed by atoms with Gasteiger partial charge in [-0.2, -0.15) is 0 Å². The molecule has 10 aromatic carbocycles. The van der Waals surface area contributed by atoms with Crippen molar-refractivity contribution in [2.75, 3.05) is 4.90 Å². The van der Waals surface area contributed by atoms with Crippen molar-refractivity contribution in [2.45, 2.75) is 0 Å². The average Bonchev–Trinajstić information content (AvgIpc) is 3.72. The predicted molar refractivity (Wildman–Crippen MR) is 259 cm³/mol. The number of hydrogen-bond donors (Lipinski definition) is 0.